The zero-order chi connectivity index (χ0) is 23.8. The molecule has 1 N–H and O–H groups in total. The minimum Gasteiger partial charge on any atom is -0.333 e. The highest BCUT2D eigenvalue weighted by Gasteiger charge is 2.19. The highest BCUT2D eigenvalue weighted by Crippen LogP contribution is 2.26. The number of aryl methyl sites for hydroxylation is 1. The van der Waals surface area contributed by atoms with Gasteiger partial charge in [-0.15, -0.1) is 5.10 Å². The number of aromatic nitrogens is 5. The fourth-order valence-corrected chi connectivity index (χ4v) is 3.86. The van der Waals surface area contributed by atoms with Gasteiger partial charge in [-0.1, -0.05) is 40.5 Å². The summed E-state index contributed by atoms with van der Waals surface area (Å²) in [5.41, 5.74) is 2.26. The van der Waals surface area contributed by atoms with Gasteiger partial charge in [0.1, 0.15) is 6.54 Å². The van der Waals surface area contributed by atoms with Crippen LogP contribution in [0.2, 0.25) is 10.0 Å². The van der Waals surface area contributed by atoms with E-state index in [1.54, 1.807) is 54.7 Å². The van der Waals surface area contributed by atoms with Crippen molar-refractivity contribution in [3.05, 3.63) is 86.9 Å². The molecule has 11 heteroatoms. The van der Waals surface area contributed by atoms with Crippen LogP contribution in [0.5, 0.6) is 0 Å². The van der Waals surface area contributed by atoms with Crippen LogP contribution in [-0.2, 0) is 11.3 Å². The van der Waals surface area contributed by atoms with E-state index in [9.17, 15) is 9.59 Å². The van der Waals surface area contributed by atoms with E-state index in [0.29, 0.717) is 27.1 Å². The largest absolute Gasteiger partial charge is 0.350 e. The van der Waals surface area contributed by atoms with E-state index in [2.05, 4.69) is 20.6 Å². The summed E-state index contributed by atoms with van der Waals surface area (Å²) >= 11 is 12.1. The van der Waals surface area contributed by atoms with E-state index >= 15 is 0 Å². The zero-order valence-electron chi connectivity index (χ0n) is 17.7. The van der Waals surface area contributed by atoms with Crippen LogP contribution in [0.4, 0.5) is 5.69 Å². The van der Waals surface area contributed by atoms with E-state index in [-0.39, 0.29) is 18.1 Å². The number of carbonyl (C=O) groups excluding carboxylic acids is 1. The molecule has 3 heterocycles. The number of nitrogens with one attached hydrogen (secondary N) is 1. The molecule has 0 bridgehead atoms. The molecular weight excluding hydrogens is 479 g/mol. The van der Waals surface area contributed by atoms with Gasteiger partial charge in [0.05, 0.1) is 16.3 Å². The number of rotatable bonds is 5. The number of hydrogen-bond acceptors (Lipinski definition) is 6. The molecule has 3 aromatic heterocycles. The normalized spacial score (nSPS) is 11.1. The van der Waals surface area contributed by atoms with Gasteiger partial charge in [0.2, 0.25) is 11.7 Å². The number of amides is 1. The Hall–Kier alpha value is -3.95. The lowest BCUT2D eigenvalue weighted by atomic mass is 10.2. The Labute approximate surface area is 202 Å². The van der Waals surface area contributed by atoms with Gasteiger partial charge >= 0.3 is 5.69 Å². The van der Waals surface area contributed by atoms with Gasteiger partial charge < -0.3 is 9.84 Å². The molecule has 170 valence electrons. The van der Waals surface area contributed by atoms with Crippen LogP contribution in [0.25, 0.3) is 28.5 Å². The molecule has 0 radical (unpaired) electrons. The summed E-state index contributed by atoms with van der Waals surface area (Å²) in [5.74, 6) is 0.111. The van der Waals surface area contributed by atoms with Gasteiger partial charge in [0.25, 0.3) is 5.89 Å². The Balaban J connectivity index is 1.46. The molecule has 34 heavy (non-hydrogen) atoms. The quantitative estimate of drug-likeness (QED) is 0.386. The zero-order valence-corrected chi connectivity index (χ0v) is 19.2. The van der Waals surface area contributed by atoms with Crippen molar-refractivity contribution in [2.45, 2.75) is 13.5 Å². The van der Waals surface area contributed by atoms with Crippen molar-refractivity contribution in [3.63, 3.8) is 0 Å². The third-order valence-electron chi connectivity index (χ3n) is 5.15. The second-order valence-corrected chi connectivity index (χ2v) is 8.31. The second-order valence-electron chi connectivity index (χ2n) is 7.47. The molecule has 0 aliphatic rings. The Morgan fingerprint density at radius 2 is 1.88 bits per heavy atom. The molecule has 0 saturated heterocycles. The van der Waals surface area contributed by atoms with Crippen LogP contribution in [0, 0.1) is 6.92 Å². The van der Waals surface area contributed by atoms with E-state index in [1.165, 1.54) is 4.40 Å². The van der Waals surface area contributed by atoms with Crippen LogP contribution in [0.15, 0.2) is 70.1 Å². The number of fused-ring (bicyclic) bond motifs is 1. The summed E-state index contributed by atoms with van der Waals surface area (Å²) < 4.78 is 7.81. The molecular formula is C23H16Cl2N6O3. The Kier molecular flexibility index (Phi) is 5.64. The van der Waals surface area contributed by atoms with Crippen molar-refractivity contribution in [2.24, 2.45) is 0 Å². The van der Waals surface area contributed by atoms with Crippen LogP contribution >= 0.6 is 23.2 Å². The molecule has 0 saturated carbocycles. The van der Waals surface area contributed by atoms with E-state index in [1.807, 2.05) is 13.0 Å². The maximum absolute atomic E-state index is 12.9. The van der Waals surface area contributed by atoms with Crippen molar-refractivity contribution < 1.29 is 9.32 Å². The fraction of sp³-hybridized carbons (Fsp3) is 0.0870. The topological polar surface area (TPSA) is 107 Å². The van der Waals surface area contributed by atoms with Crippen molar-refractivity contribution in [1.82, 2.24) is 24.3 Å². The molecule has 2 aromatic carbocycles. The lowest BCUT2D eigenvalue weighted by Gasteiger charge is -2.09. The highest BCUT2D eigenvalue weighted by molar-refractivity contribution is 6.34. The van der Waals surface area contributed by atoms with E-state index in [0.717, 1.165) is 15.8 Å². The summed E-state index contributed by atoms with van der Waals surface area (Å²) in [6.07, 6.45) is 1.55. The standard InChI is InChI=1S/C23H16Cl2N6O3/c1-13-4-2-6-17(25)19(13)26-18(32)12-31-23(33)30-11-3-5-16(21(30)28-31)22-27-20(29-34-22)14-7-9-15(24)10-8-14/h2-11H,12H2,1H3,(H,26,32). The number of benzene rings is 2. The molecule has 9 nitrogen and oxygen atoms in total. The maximum Gasteiger partial charge on any atom is 0.350 e. The smallest absolute Gasteiger partial charge is 0.333 e. The highest BCUT2D eigenvalue weighted by atomic mass is 35.5. The predicted molar refractivity (Wildman–Crippen MR) is 128 cm³/mol. The summed E-state index contributed by atoms with van der Waals surface area (Å²) in [6, 6.07) is 15.7. The van der Waals surface area contributed by atoms with Crippen molar-refractivity contribution in [3.8, 4) is 22.8 Å². The molecule has 0 spiro atoms. The summed E-state index contributed by atoms with van der Waals surface area (Å²) in [7, 11) is 0. The van der Waals surface area contributed by atoms with Crippen molar-refractivity contribution in [2.75, 3.05) is 5.32 Å². The second kappa shape index (κ2) is 8.77. The minimum atomic E-state index is -0.486. The third kappa shape index (κ3) is 4.07. The lowest BCUT2D eigenvalue weighted by Crippen LogP contribution is -2.28. The first kappa shape index (κ1) is 21.9. The Morgan fingerprint density at radius 1 is 1.09 bits per heavy atom. The van der Waals surface area contributed by atoms with Gasteiger partial charge in [-0.3, -0.25) is 4.79 Å². The first-order chi connectivity index (χ1) is 16.4. The molecule has 0 aliphatic heterocycles. The van der Waals surface area contributed by atoms with Crippen molar-refractivity contribution in [1.29, 1.82) is 0 Å². The van der Waals surface area contributed by atoms with Crippen LogP contribution in [0.3, 0.4) is 0 Å². The average Bonchev–Trinajstić information content (AvgIpc) is 3.42. The summed E-state index contributed by atoms with van der Waals surface area (Å²) in [4.78, 5) is 29.9. The van der Waals surface area contributed by atoms with Gasteiger partial charge in [0.15, 0.2) is 5.65 Å². The predicted octanol–water partition coefficient (Wildman–Crippen LogP) is 4.47. The average molecular weight is 495 g/mol. The van der Waals surface area contributed by atoms with Gasteiger partial charge in [-0.25, -0.2) is 13.9 Å². The van der Waals surface area contributed by atoms with Crippen LogP contribution < -0.4 is 11.0 Å². The molecule has 1 amide bonds. The first-order valence-corrected chi connectivity index (χ1v) is 10.9. The number of pyridine rings is 1. The van der Waals surface area contributed by atoms with Crippen molar-refractivity contribution >= 4 is 40.4 Å². The Morgan fingerprint density at radius 3 is 2.65 bits per heavy atom. The molecule has 0 unspecified atom stereocenters. The van der Waals surface area contributed by atoms with E-state index in [4.69, 9.17) is 27.7 Å². The SMILES string of the molecule is Cc1cccc(Cl)c1NC(=O)Cn1nc2c(-c3nc(-c4ccc(Cl)cc4)no3)cccn2c1=O. The van der Waals surface area contributed by atoms with Crippen LogP contribution in [0.1, 0.15) is 5.56 Å². The lowest BCUT2D eigenvalue weighted by molar-refractivity contribution is -0.117. The van der Waals surface area contributed by atoms with Gasteiger partial charge in [-0.2, -0.15) is 4.98 Å². The first-order valence-electron chi connectivity index (χ1n) is 10.1. The molecule has 5 rings (SSSR count). The summed E-state index contributed by atoms with van der Waals surface area (Å²) in [5, 5.41) is 12.1. The van der Waals surface area contributed by atoms with Crippen LogP contribution in [-0.4, -0.2) is 30.2 Å². The number of halogens is 2. The molecule has 0 fully saturated rings. The molecule has 5 aromatic rings. The minimum absolute atomic E-state index is 0.184. The molecule has 0 atom stereocenters. The number of para-hydroxylation sites is 1. The van der Waals surface area contributed by atoms with Gasteiger partial charge in [-0.05, 0) is 55.0 Å². The maximum atomic E-state index is 12.9. The third-order valence-corrected chi connectivity index (χ3v) is 5.71. The number of anilines is 1. The number of nitrogens with zero attached hydrogens (tertiary/aromatic N) is 5. The Bertz CT molecular complexity index is 1570. The van der Waals surface area contributed by atoms with E-state index < -0.39 is 11.6 Å². The monoisotopic (exact) mass is 494 g/mol. The fourth-order valence-electron chi connectivity index (χ4n) is 3.46. The van der Waals surface area contributed by atoms with Gasteiger partial charge in [0, 0.05) is 16.8 Å². The molecule has 0 aliphatic carbocycles. The summed E-state index contributed by atoms with van der Waals surface area (Å²) in [6.45, 7) is 1.53. The number of carbonyl (C=O) groups is 1. The number of hydrogen-bond donors (Lipinski definition) is 1.